The number of hydrogen-bond acceptors (Lipinski definition) is 4. The molecule has 1 aromatic carbocycles. The Morgan fingerprint density at radius 1 is 1.25 bits per heavy atom. The smallest absolute Gasteiger partial charge is 0.255 e. The first kappa shape index (κ1) is 14.0. The number of methoxy groups -OCH3 is 2. The summed E-state index contributed by atoms with van der Waals surface area (Å²) in [5.41, 5.74) is 1.34. The van der Waals surface area contributed by atoms with E-state index >= 15 is 0 Å². The van der Waals surface area contributed by atoms with Crippen LogP contribution in [0.5, 0.6) is 11.5 Å². The zero-order chi connectivity index (χ0) is 14.5. The summed E-state index contributed by atoms with van der Waals surface area (Å²) in [4.78, 5) is 12.0. The van der Waals surface area contributed by atoms with Gasteiger partial charge in [0, 0.05) is 5.56 Å². The third kappa shape index (κ3) is 2.93. The normalized spacial score (nSPS) is 11.8. The van der Waals surface area contributed by atoms with Gasteiger partial charge < -0.3 is 19.2 Å². The number of carbonyl (C=O) groups excluding carboxylic acids is 1. The van der Waals surface area contributed by atoms with Crippen LogP contribution in [0.2, 0.25) is 0 Å². The summed E-state index contributed by atoms with van der Waals surface area (Å²) >= 11 is 0. The molecule has 0 aliphatic heterocycles. The van der Waals surface area contributed by atoms with Crippen molar-refractivity contribution in [2.75, 3.05) is 14.2 Å². The summed E-state index contributed by atoms with van der Waals surface area (Å²) < 4.78 is 15.4. The van der Waals surface area contributed by atoms with Crippen molar-refractivity contribution >= 4 is 5.91 Å². The van der Waals surface area contributed by atoms with Crippen molar-refractivity contribution in [3.05, 3.63) is 47.9 Å². The fraction of sp³-hybridized carbons (Fsp3) is 0.267. The lowest BCUT2D eigenvalue weighted by atomic mass is 10.1. The van der Waals surface area contributed by atoms with Crippen molar-refractivity contribution in [1.29, 1.82) is 0 Å². The van der Waals surface area contributed by atoms with E-state index in [1.165, 1.54) is 12.5 Å². The van der Waals surface area contributed by atoms with E-state index in [2.05, 4.69) is 5.32 Å². The van der Waals surface area contributed by atoms with Crippen molar-refractivity contribution in [1.82, 2.24) is 5.32 Å². The van der Waals surface area contributed by atoms with Gasteiger partial charge in [-0.3, -0.25) is 4.79 Å². The number of benzene rings is 1. The maximum Gasteiger partial charge on any atom is 0.255 e. The molecule has 0 radical (unpaired) electrons. The topological polar surface area (TPSA) is 60.7 Å². The Morgan fingerprint density at radius 3 is 2.65 bits per heavy atom. The van der Waals surface area contributed by atoms with Crippen LogP contribution in [0.15, 0.2) is 41.2 Å². The molecule has 0 spiro atoms. The average Bonchev–Trinajstić information content (AvgIpc) is 3.00. The Kier molecular flexibility index (Phi) is 4.30. The predicted octanol–water partition coefficient (Wildman–Crippen LogP) is 2.79. The highest BCUT2D eigenvalue weighted by molar-refractivity contribution is 5.94. The van der Waals surface area contributed by atoms with Gasteiger partial charge in [-0.2, -0.15) is 0 Å². The molecule has 1 N–H and O–H groups in total. The second-order valence-electron chi connectivity index (χ2n) is 4.32. The van der Waals surface area contributed by atoms with Crippen molar-refractivity contribution in [2.45, 2.75) is 13.0 Å². The quantitative estimate of drug-likeness (QED) is 0.911. The largest absolute Gasteiger partial charge is 0.497 e. The van der Waals surface area contributed by atoms with E-state index in [1.54, 1.807) is 20.3 Å². The Labute approximate surface area is 117 Å². The molecule has 1 amide bonds. The molecule has 0 saturated carbocycles. The maximum atomic E-state index is 12.0. The number of rotatable bonds is 5. The van der Waals surface area contributed by atoms with Crippen LogP contribution in [0.25, 0.3) is 0 Å². The summed E-state index contributed by atoms with van der Waals surface area (Å²) in [5, 5.41) is 2.89. The molecule has 1 aromatic heterocycles. The maximum absolute atomic E-state index is 12.0. The summed E-state index contributed by atoms with van der Waals surface area (Å²) in [6.07, 6.45) is 2.87. The highest BCUT2D eigenvalue weighted by Crippen LogP contribution is 2.29. The predicted molar refractivity (Wildman–Crippen MR) is 74.1 cm³/mol. The van der Waals surface area contributed by atoms with Crippen LogP contribution in [0.4, 0.5) is 0 Å². The molecule has 1 heterocycles. The fourth-order valence-electron chi connectivity index (χ4n) is 1.93. The van der Waals surface area contributed by atoms with Crippen LogP contribution < -0.4 is 14.8 Å². The lowest BCUT2D eigenvalue weighted by molar-refractivity contribution is 0.0939. The van der Waals surface area contributed by atoms with E-state index in [-0.39, 0.29) is 11.9 Å². The van der Waals surface area contributed by atoms with Gasteiger partial charge in [0.05, 0.1) is 32.1 Å². The molecule has 0 saturated heterocycles. The first-order valence-corrected chi connectivity index (χ1v) is 6.20. The Bertz CT molecular complexity index is 578. The molecular weight excluding hydrogens is 258 g/mol. The van der Waals surface area contributed by atoms with Crippen molar-refractivity contribution in [2.24, 2.45) is 0 Å². The first-order valence-electron chi connectivity index (χ1n) is 6.20. The second-order valence-corrected chi connectivity index (χ2v) is 4.32. The standard InChI is InChI=1S/C15H17NO4/c1-10(16-15(17)11-6-7-20-9-11)13-8-12(18-2)4-5-14(13)19-3/h4-10H,1-3H3,(H,16,17). The number of carbonyl (C=O) groups is 1. The van der Waals surface area contributed by atoms with E-state index in [0.29, 0.717) is 17.1 Å². The zero-order valence-electron chi connectivity index (χ0n) is 11.7. The molecule has 1 unspecified atom stereocenters. The van der Waals surface area contributed by atoms with Gasteiger partial charge in [0.25, 0.3) is 5.91 Å². The Morgan fingerprint density at radius 2 is 2.05 bits per heavy atom. The molecule has 2 rings (SSSR count). The van der Waals surface area contributed by atoms with Gasteiger partial charge in [0.2, 0.25) is 0 Å². The molecule has 0 aliphatic carbocycles. The lowest BCUT2D eigenvalue weighted by Gasteiger charge is -2.17. The molecular formula is C15H17NO4. The summed E-state index contributed by atoms with van der Waals surface area (Å²) in [6, 6.07) is 6.87. The number of amides is 1. The van der Waals surface area contributed by atoms with Crippen molar-refractivity contribution < 1.29 is 18.7 Å². The van der Waals surface area contributed by atoms with Gasteiger partial charge >= 0.3 is 0 Å². The fourth-order valence-corrected chi connectivity index (χ4v) is 1.93. The van der Waals surface area contributed by atoms with E-state index in [9.17, 15) is 4.79 Å². The van der Waals surface area contributed by atoms with Crippen LogP contribution in [-0.4, -0.2) is 20.1 Å². The molecule has 20 heavy (non-hydrogen) atoms. The van der Waals surface area contributed by atoms with Gasteiger partial charge in [-0.05, 0) is 31.2 Å². The summed E-state index contributed by atoms with van der Waals surface area (Å²) in [7, 11) is 3.19. The molecule has 0 aliphatic rings. The van der Waals surface area contributed by atoms with Crippen LogP contribution in [0.1, 0.15) is 28.9 Å². The molecule has 5 nitrogen and oxygen atoms in total. The second kappa shape index (κ2) is 6.14. The number of hydrogen-bond donors (Lipinski definition) is 1. The zero-order valence-corrected chi connectivity index (χ0v) is 11.7. The van der Waals surface area contributed by atoms with E-state index in [4.69, 9.17) is 13.9 Å². The molecule has 0 bridgehead atoms. The highest BCUT2D eigenvalue weighted by Gasteiger charge is 2.16. The Balaban J connectivity index is 2.19. The third-order valence-electron chi connectivity index (χ3n) is 3.03. The highest BCUT2D eigenvalue weighted by atomic mass is 16.5. The van der Waals surface area contributed by atoms with E-state index in [0.717, 1.165) is 5.56 Å². The van der Waals surface area contributed by atoms with Crippen LogP contribution in [0, 0.1) is 0 Å². The van der Waals surface area contributed by atoms with Gasteiger partial charge in [-0.15, -0.1) is 0 Å². The van der Waals surface area contributed by atoms with Gasteiger partial charge in [0.15, 0.2) is 0 Å². The van der Waals surface area contributed by atoms with Gasteiger partial charge in [-0.25, -0.2) is 0 Å². The monoisotopic (exact) mass is 275 g/mol. The Hall–Kier alpha value is -2.43. The van der Waals surface area contributed by atoms with Gasteiger partial charge in [-0.1, -0.05) is 0 Å². The minimum Gasteiger partial charge on any atom is -0.497 e. The molecule has 1 atom stereocenters. The van der Waals surface area contributed by atoms with E-state index < -0.39 is 0 Å². The van der Waals surface area contributed by atoms with Crippen LogP contribution in [0.3, 0.4) is 0 Å². The number of ether oxygens (including phenoxy) is 2. The van der Waals surface area contributed by atoms with Gasteiger partial charge in [0.1, 0.15) is 17.8 Å². The minimum absolute atomic E-state index is 0.198. The SMILES string of the molecule is COc1ccc(OC)c(C(C)NC(=O)c2ccoc2)c1. The van der Waals surface area contributed by atoms with Crippen LogP contribution in [-0.2, 0) is 0 Å². The lowest BCUT2D eigenvalue weighted by Crippen LogP contribution is -2.26. The molecule has 0 fully saturated rings. The summed E-state index contributed by atoms with van der Waals surface area (Å²) in [6.45, 7) is 1.88. The number of furan rings is 1. The van der Waals surface area contributed by atoms with E-state index in [1.807, 2.05) is 25.1 Å². The molecule has 5 heteroatoms. The molecule has 2 aromatic rings. The number of nitrogens with one attached hydrogen (secondary N) is 1. The molecule has 106 valence electrons. The first-order chi connectivity index (χ1) is 9.65. The minimum atomic E-state index is -0.220. The van der Waals surface area contributed by atoms with Crippen molar-refractivity contribution in [3.63, 3.8) is 0 Å². The third-order valence-corrected chi connectivity index (χ3v) is 3.03. The summed E-state index contributed by atoms with van der Waals surface area (Å²) in [5.74, 6) is 1.21. The van der Waals surface area contributed by atoms with Crippen molar-refractivity contribution in [3.8, 4) is 11.5 Å². The van der Waals surface area contributed by atoms with Crippen LogP contribution >= 0.6 is 0 Å². The average molecular weight is 275 g/mol.